The number of hydrogen-bond acceptors (Lipinski definition) is 4. The number of H-pyrrole nitrogens is 1. The zero-order valence-corrected chi connectivity index (χ0v) is 11.5. The standard InChI is InChI=1S/C13H19N3O3/c1-13(2,3)19-12(18)16-6-4-9-10(5-7-16)14-15-11(9)8-17/h8H,4-7H2,1-3H3,(H,14,15). The van der Waals surface area contributed by atoms with Crippen molar-refractivity contribution in [3.05, 3.63) is 17.0 Å². The van der Waals surface area contributed by atoms with E-state index in [4.69, 9.17) is 4.74 Å². The van der Waals surface area contributed by atoms with Gasteiger partial charge in [-0.3, -0.25) is 9.89 Å². The Bertz CT molecular complexity index is 488. The first-order valence-electron chi connectivity index (χ1n) is 6.40. The molecule has 0 spiro atoms. The van der Waals surface area contributed by atoms with Gasteiger partial charge in [0.2, 0.25) is 0 Å². The van der Waals surface area contributed by atoms with Crippen LogP contribution < -0.4 is 0 Å². The first-order valence-corrected chi connectivity index (χ1v) is 6.40. The van der Waals surface area contributed by atoms with E-state index in [0.717, 1.165) is 17.5 Å². The van der Waals surface area contributed by atoms with Gasteiger partial charge in [0, 0.05) is 30.8 Å². The largest absolute Gasteiger partial charge is 0.444 e. The van der Waals surface area contributed by atoms with Crippen LogP contribution in [-0.4, -0.2) is 46.2 Å². The fourth-order valence-corrected chi connectivity index (χ4v) is 2.11. The molecule has 1 amide bonds. The first kappa shape index (κ1) is 13.6. The number of ether oxygens (including phenoxy) is 1. The molecular formula is C13H19N3O3. The lowest BCUT2D eigenvalue weighted by Crippen LogP contribution is -2.38. The summed E-state index contributed by atoms with van der Waals surface area (Å²) < 4.78 is 5.36. The zero-order valence-electron chi connectivity index (χ0n) is 11.5. The van der Waals surface area contributed by atoms with Crippen LogP contribution in [0.1, 0.15) is 42.5 Å². The highest BCUT2D eigenvalue weighted by molar-refractivity contribution is 5.75. The number of amides is 1. The number of nitrogens with zero attached hydrogens (tertiary/aromatic N) is 2. The molecule has 0 saturated heterocycles. The van der Waals surface area contributed by atoms with Gasteiger partial charge in [0.05, 0.1) is 0 Å². The van der Waals surface area contributed by atoms with E-state index in [0.29, 0.717) is 31.6 Å². The molecule has 0 saturated carbocycles. The molecule has 104 valence electrons. The minimum Gasteiger partial charge on any atom is -0.444 e. The Morgan fingerprint density at radius 3 is 2.68 bits per heavy atom. The van der Waals surface area contributed by atoms with Gasteiger partial charge in [-0.15, -0.1) is 0 Å². The fourth-order valence-electron chi connectivity index (χ4n) is 2.11. The van der Waals surface area contributed by atoms with Crippen LogP contribution in [0, 0.1) is 0 Å². The summed E-state index contributed by atoms with van der Waals surface area (Å²) in [5, 5.41) is 6.82. The van der Waals surface area contributed by atoms with Gasteiger partial charge in [-0.05, 0) is 27.2 Å². The van der Waals surface area contributed by atoms with Crippen LogP contribution in [0.3, 0.4) is 0 Å². The molecule has 1 N–H and O–H groups in total. The third-order valence-electron chi connectivity index (χ3n) is 3.01. The van der Waals surface area contributed by atoms with Crippen molar-refractivity contribution in [1.82, 2.24) is 15.1 Å². The highest BCUT2D eigenvalue weighted by Crippen LogP contribution is 2.18. The Hall–Kier alpha value is -1.85. The Labute approximate surface area is 112 Å². The number of carbonyl (C=O) groups is 2. The maximum atomic E-state index is 12.0. The van der Waals surface area contributed by atoms with Crippen molar-refractivity contribution < 1.29 is 14.3 Å². The number of fused-ring (bicyclic) bond motifs is 1. The average molecular weight is 265 g/mol. The molecule has 2 heterocycles. The quantitative estimate of drug-likeness (QED) is 0.782. The van der Waals surface area contributed by atoms with Crippen molar-refractivity contribution in [2.75, 3.05) is 13.1 Å². The second kappa shape index (κ2) is 5.03. The Morgan fingerprint density at radius 1 is 1.37 bits per heavy atom. The zero-order chi connectivity index (χ0) is 14.0. The van der Waals surface area contributed by atoms with Gasteiger partial charge in [0.1, 0.15) is 11.3 Å². The number of rotatable bonds is 1. The number of hydrogen-bond donors (Lipinski definition) is 1. The Balaban J connectivity index is 2.05. The molecule has 6 heteroatoms. The summed E-state index contributed by atoms with van der Waals surface area (Å²) in [5.74, 6) is 0. The summed E-state index contributed by atoms with van der Waals surface area (Å²) in [5.41, 5.74) is 1.81. The van der Waals surface area contributed by atoms with Crippen LogP contribution in [-0.2, 0) is 17.6 Å². The fraction of sp³-hybridized carbons (Fsp3) is 0.615. The van der Waals surface area contributed by atoms with Crippen molar-refractivity contribution in [3.63, 3.8) is 0 Å². The third kappa shape index (κ3) is 3.13. The topological polar surface area (TPSA) is 75.3 Å². The highest BCUT2D eigenvalue weighted by Gasteiger charge is 2.25. The molecule has 0 bridgehead atoms. The molecule has 1 aromatic rings. The highest BCUT2D eigenvalue weighted by atomic mass is 16.6. The van der Waals surface area contributed by atoms with Gasteiger partial charge in [-0.2, -0.15) is 5.10 Å². The van der Waals surface area contributed by atoms with Crippen LogP contribution in [0.2, 0.25) is 0 Å². The second-order valence-corrected chi connectivity index (χ2v) is 5.65. The van der Waals surface area contributed by atoms with Crippen LogP contribution in [0.25, 0.3) is 0 Å². The lowest BCUT2D eigenvalue weighted by atomic mass is 10.1. The van der Waals surface area contributed by atoms with E-state index in [9.17, 15) is 9.59 Å². The maximum Gasteiger partial charge on any atom is 0.410 e. The normalized spacial score (nSPS) is 15.6. The summed E-state index contributed by atoms with van der Waals surface area (Å²) in [6, 6.07) is 0. The maximum absolute atomic E-state index is 12.0. The van der Waals surface area contributed by atoms with Crippen molar-refractivity contribution in [2.45, 2.75) is 39.2 Å². The summed E-state index contributed by atoms with van der Waals surface area (Å²) in [6.07, 6.45) is 1.73. The van der Waals surface area contributed by atoms with Crippen molar-refractivity contribution in [3.8, 4) is 0 Å². The van der Waals surface area contributed by atoms with Crippen LogP contribution in [0.4, 0.5) is 4.79 Å². The van der Waals surface area contributed by atoms with Crippen LogP contribution in [0.15, 0.2) is 0 Å². The monoisotopic (exact) mass is 265 g/mol. The number of aromatic nitrogens is 2. The minimum atomic E-state index is -0.493. The number of nitrogens with one attached hydrogen (secondary N) is 1. The van der Waals surface area contributed by atoms with Gasteiger partial charge in [0.15, 0.2) is 6.29 Å². The number of aromatic amines is 1. The van der Waals surface area contributed by atoms with Crippen LogP contribution in [0.5, 0.6) is 0 Å². The molecule has 0 radical (unpaired) electrons. The van der Waals surface area contributed by atoms with Crippen molar-refractivity contribution in [2.24, 2.45) is 0 Å². The second-order valence-electron chi connectivity index (χ2n) is 5.65. The number of carbonyl (C=O) groups excluding carboxylic acids is 2. The van der Waals surface area contributed by atoms with E-state index < -0.39 is 5.60 Å². The Kier molecular flexibility index (Phi) is 3.59. The molecule has 0 aromatic carbocycles. The molecule has 0 atom stereocenters. The predicted molar refractivity (Wildman–Crippen MR) is 69.2 cm³/mol. The minimum absolute atomic E-state index is 0.307. The van der Waals surface area contributed by atoms with Gasteiger partial charge in [-0.1, -0.05) is 0 Å². The first-order chi connectivity index (χ1) is 8.90. The molecule has 6 nitrogen and oxygen atoms in total. The van der Waals surface area contributed by atoms with Gasteiger partial charge >= 0.3 is 6.09 Å². The lowest BCUT2D eigenvalue weighted by Gasteiger charge is -2.26. The van der Waals surface area contributed by atoms with E-state index in [2.05, 4.69) is 10.2 Å². The molecular weight excluding hydrogens is 246 g/mol. The predicted octanol–water partition coefficient (Wildman–Crippen LogP) is 1.56. The van der Waals surface area contributed by atoms with Gasteiger partial charge in [-0.25, -0.2) is 4.79 Å². The summed E-state index contributed by atoms with van der Waals surface area (Å²) >= 11 is 0. The summed E-state index contributed by atoms with van der Waals surface area (Å²) in [4.78, 5) is 24.5. The van der Waals surface area contributed by atoms with Crippen molar-refractivity contribution in [1.29, 1.82) is 0 Å². The van der Waals surface area contributed by atoms with E-state index >= 15 is 0 Å². The van der Waals surface area contributed by atoms with E-state index in [1.807, 2.05) is 20.8 Å². The van der Waals surface area contributed by atoms with E-state index in [-0.39, 0.29) is 6.09 Å². The summed E-state index contributed by atoms with van der Waals surface area (Å²) in [7, 11) is 0. The summed E-state index contributed by atoms with van der Waals surface area (Å²) in [6.45, 7) is 6.66. The molecule has 2 rings (SSSR count). The SMILES string of the molecule is CC(C)(C)OC(=O)N1CCc2[nH]nc(C=O)c2CC1. The molecule has 1 aliphatic heterocycles. The number of aldehydes is 1. The Morgan fingerprint density at radius 2 is 2.05 bits per heavy atom. The lowest BCUT2D eigenvalue weighted by molar-refractivity contribution is 0.0258. The molecule has 0 aliphatic carbocycles. The van der Waals surface area contributed by atoms with Crippen molar-refractivity contribution >= 4 is 12.4 Å². The molecule has 0 unspecified atom stereocenters. The third-order valence-corrected chi connectivity index (χ3v) is 3.01. The average Bonchev–Trinajstić information content (AvgIpc) is 2.57. The van der Waals surface area contributed by atoms with Gasteiger partial charge < -0.3 is 9.64 Å². The van der Waals surface area contributed by atoms with Crippen LogP contribution >= 0.6 is 0 Å². The molecule has 19 heavy (non-hydrogen) atoms. The smallest absolute Gasteiger partial charge is 0.410 e. The van der Waals surface area contributed by atoms with Gasteiger partial charge in [0.25, 0.3) is 0 Å². The molecule has 0 fully saturated rings. The molecule has 1 aliphatic rings. The van der Waals surface area contributed by atoms with E-state index in [1.165, 1.54) is 0 Å². The molecule has 1 aromatic heterocycles. The van der Waals surface area contributed by atoms with E-state index in [1.54, 1.807) is 4.90 Å².